The van der Waals surface area contributed by atoms with Crippen LogP contribution in [0.5, 0.6) is 0 Å². The Balaban J connectivity index is 1.65. The van der Waals surface area contributed by atoms with E-state index in [0.29, 0.717) is 38.6 Å². The number of rotatable bonds is 12. The highest BCUT2D eigenvalue weighted by atomic mass is 16.6. The van der Waals surface area contributed by atoms with E-state index in [0.717, 1.165) is 29.3 Å². The number of para-hydroxylation sites is 1. The van der Waals surface area contributed by atoms with Gasteiger partial charge in [-0.15, -0.1) is 0 Å². The Morgan fingerprint density at radius 3 is 2.41 bits per heavy atom. The fraction of sp³-hybridized carbons (Fsp3) is 0.618. The van der Waals surface area contributed by atoms with Crippen molar-refractivity contribution in [3.8, 4) is 0 Å². The summed E-state index contributed by atoms with van der Waals surface area (Å²) in [6, 6.07) is 4.01. The molecule has 46 heavy (non-hydrogen) atoms. The molecule has 2 aliphatic rings. The van der Waals surface area contributed by atoms with Crippen LogP contribution in [0, 0.1) is 5.92 Å². The average molecular weight is 640 g/mol. The molecule has 2 saturated heterocycles. The zero-order valence-electron chi connectivity index (χ0n) is 27.4. The second-order valence-corrected chi connectivity index (χ2v) is 12.7. The number of carbonyl (C=O) groups excluding carboxylic acids is 5. The maximum Gasteiger partial charge on any atom is 0.246 e. The first-order valence-corrected chi connectivity index (χ1v) is 16.6. The molecule has 1 aromatic carbocycles. The standard InChI is InChI=1S/C34H49N5O7/c1-5-21(2)30-34(45)38-18-12-11-16-28(38)33(44)35-25(14-7-6-8-17-29(41)22(3)40)31(42)36-26(32(43)37-30)19-23-20-39(46-4)27-15-10-9-13-24(23)27/h9-10,13,15,20-22,25-26,28,30,40H,5-8,11-12,14,16-19H2,1-4H3,(H,35,44)(H,36,42)(H,37,43)/t21-,22?,25-,26-,28+,30-/m0/s1. The van der Waals surface area contributed by atoms with Crippen molar-refractivity contribution in [1.29, 1.82) is 0 Å². The van der Waals surface area contributed by atoms with E-state index in [1.807, 2.05) is 38.1 Å². The van der Waals surface area contributed by atoms with Crippen LogP contribution in [0.1, 0.15) is 84.1 Å². The van der Waals surface area contributed by atoms with Gasteiger partial charge in [0.15, 0.2) is 5.78 Å². The van der Waals surface area contributed by atoms with Crippen molar-refractivity contribution >= 4 is 40.3 Å². The van der Waals surface area contributed by atoms with E-state index >= 15 is 0 Å². The molecule has 0 bridgehead atoms. The van der Waals surface area contributed by atoms with Gasteiger partial charge < -0.3 is 30.8 Å². The first-order valence-electron chi connectivity index (χ1n) is 16.6. The highest BCUT2D eigenvalue weighted by Gasteiger charge is 2.41. The Labute approximate surface area is 270 Å². The average Bonchev–Trinajstić information content (AvgIpc) is 3.41. The summed E-state index contributed by atoms with van der Waals surface area (Å²) in [5, 5.41) is 19.1. The number of Topliss-reactive ketones (excluding diaryl/α,β-unsaturated/α-hetero) is 1. The second kappa shape index (κ2) is 16.1. The third-order valence-electron chi connectivity index (χ3n) is 9.39. The summed E-state index contributed by atoms with van der Waals surface area (Å²) < 4.78 is 1.60. The third-order valence-corrected chi connectivity index (χ3v) is 9.39. The number of unbranched alkanes of at least 4 members (excludes halogenated alkanes) is 2. The predicted molar refractivity (Wildman–Crippen MR) is 173 cm³/mol. The molecule has 1 aromatic heterocycles. The number of aliphatic hydroxyl groups is 1. The molecule has 0 saturated carbocycles. The number of benzene rings is 1. The van der Waals surface area contributed by atoms with Crippen LogP contribution >= 0.6 is 0 Å². The Bertz CT molecular complexity index is 1410. The molecule has 2 fully saturated rings. The van der Waals surface area contributed by atoms with Crippen LogP contribution in [0.15, 0.2) is 30.5 Å². The number of ketones is 1. The molecular weight excluding hydrogens is 590 g/mol. The quantitative estimate of drug-likeness (QED) is 0.259. The molecule has 1 unspecified atom stereocenters. The summed E-state index contributed by atoms with van der Waals surface area (Å²) in [5.74, 6) is -2.07. The van der Waals surface area contributed by atoms with Gasteiger partial charge in [-0.25, -0.2) is 0 Å². The number of carbonyl (C=O) groups is 5. The van der Waals surface area contributed by atoms with Gasteiger partial charge >= 0.3 is 0 Å². The lowest BCUT2D eigenvalue weighted by Crippen LogP contribution is -2.64. The monoisotopic (exact) mass is 639 g/mol. The van der Waals surface area contributed by atoms with Crippen molar-refractivity contribution in [2.45, 2.75) is 115 Å². The maximum absolute atomic E-state index is 14.0. The van der Waals surface area contributed by atoms with E-state index < -0.39 is 42.1 Å². The predicted octanol–water partition coefficient (Wildman–Crippen LogP) is 2.04. The molecular formula is C34H49N5O7. The molecule has 12 heteroatoms. The molecule has 0 radical (unpaired) electrons. The minimum absolute atomic E-state index is 0.129. The SMILES string of the molecule is CC[C@H](C)[C@@H]1NC(=O)[C@H](Cc2cn(OC)c3ccccc23)NC(=O)[C@H](CCCCCC(=O)C(C)O)NC(=O)[C@H]2CCCCN2C1=O. The molecule has 2 aromatic rings. The number of aliphatic hydroxyl groups excluding tert-OH is 1. The van der Waals surface area contributed by atoms with Gasteiger partial charge in [-0.1, -0.05) is 51.3 Å². The first kappa shape index (κ1) is 34.9. The second-order valence-electron chi connectivity index (χ2n) is 12.7. The fourth-order valence-corrected chi connectivity index (χ4v) is 6.39. The summed E-state index contributed by atoms with van der Waals surface area (Å²) in [4.78, 5) is 74.6. The molecule has 4 amide bonds. The number of fused-ring (bicyclic) bond motifs is 2. The van der Waals surface area contributed by atoms with Gasteiger partial charge in [0.1, 0.15) is 37.4 Å². The van der Waals surface area contributed by atoms with E-state index in [1.165, 1.54) is 6.92 Å². The van der Waals surface area contributed by atoms with Crippen LogP contribution in [-0.4, -0.2) is 88.1 Å². The number of amides is 4. The van der Waals surface area contributed by atoms with Gasteiger partial charge in [0, 0.05) is 31.0 Å². The van der Waals surface area contributed by atoms with Crippen LogP contribution < -0.4 is 20.8 Å². The lowest BCUT2D eigenvalue weighted by Gasteiger charge is -2.39. The highest BCUT2D eigenvalue weighted by Crippen LogP contribution is 2.24. The molecule has 3 heterocycles. The lowest BCUT2D eigenvalue weighted by molar-refractivity contribution is -0.147. The Hall–Kier alpha value is -3.93. The van der Waals surface area contributed by atoms with Crippen LogP contribution in [0.2, 0.25) is 0 Å². The van der Waals surface area contributed by atoms with Crippen molar-refractivity contribution in [3.05, 3.63) is 36.0 Å². The van der Waals surface area contributed by atoms with Gasteiger partial charge in [-0.05, 0) is 56.6 Å². The summed E-state index contributed by atoms with van der Waals surface area (Å²) in [6.07, 6.45) is 5.73. The number of nitrogens with one attached hydrogen (secondary N) is 3. The molecule has 6 atom stereocenters. The maximum atomic E-state index is 14.0. The van der Waals surface area contributed by atoms with E-state index in [-0.39, 0.29) is 42.8 Å². The van der Waals surface area contributed by atoms with Crippen molar-refractivity contribution in [2.24, 2.45) is 5.92 Å². The number of hydrogen-bond donors (Lipinski definition) is 4. The van der Waals surface area contributed by atoms with Gasteiger partial charge in [-0.2, -0.15) is 4.73 Å². The largest absolute Gasteiger partial charge is 0.417 e. The zero-order valence-corrected chi connectivity index (χ0v) is 27.4. The van der Waals surface area contributed by atoms with Gasteiger partial charge in [0.2, 0.25) is 23.6 Å². The molecule has 0 aliphatic carbocycles. The van der Waals surface area contributed by atoms with Crippen LogP contribution in [-0.2, 0) is 30.4 Å². The molecule has 252 valence electrons. The summed E-state index contributed by atoms with van der Waals surface area (Å²) in [5.41, 5.74) is 1.58. The van der Waals surface area contributed by atoms with Crippen LogP contribution in [0.4, 0.5) is 0 Å². The third kappa shape index (κ3) is 8.26. The van der Waals surface area contributed by atoms with E-state index in [9.17, 15) is 29.1 Å². The Morgan fingerprint density at radius 2 is 1.70 bits per heavy atom. The van der Waals surface area contributed by atoms with E-state index in [2.05, 4.69) is 16.0 Å². The molecule has 2 aliphatic heterocycles. The number of nitrogens with zero attached hydrogens (tertiary/aromatic N) is 2. The van der Waals surface area contributed by atoms with E-state index in [4.69, 9.17) is 4.84 Å². The zero-order chi connectivity index (χ0) is 33.4. The minimum Gasteiger partial charge on any atom is -0.417 e. The smallest absolute Gasteiger partial charge is 0.246 e. The first-order chi connectivity index (χ1) is 22.0. The van der Waals surface area contributed by atoms with Gasteiger partial charge in [-0.3, -0.25) is 24.0 Å². The summed E-state index contributed by atoms with van der Waals surface area (Å²) >= 11 is 0. The normalized spacial score (nSPS) is 24.2. The van der Waals surface area contributed by atoms with Crippen molar-refractivity contribution < 1.29 is 33.9 Å². The van der Waals surface area contributed by atoms with Crippen molar-refractivity contribution in [1.82, 2.24) is 25.6 Å². The summed E-state index contributed by atoms with van der Waals surface area (Å²) in [7, 11) is 1.55. The minimum atomic E-state index is -1.04. The van der Waals surface area contributed by atoms with Crippen molar-refractivity contribution in [2.75, 3.05) is 13.7 Å². The highest BCUT2D eigenvalue weighted by molar-refractivity contribution is 5.98. The van der Waals surface area contributed by atoms with Crippen molar-refractivity contribution in [3.63, 3.8) is 0 Å². The molecule has 12 nitrogen and oxygen atoms in total. The lowest BCUT2D eigenvalue weighted by atomic mass is 9.93. The van der Waals surface area contributed by atoms with Crippen LogP contribution in [0.3, 0.4) is 0 Å². The van der Waals surface area contributed by atoms with Gasteiger partial charge in [0.05, 0.1) is 5.52 Å². The number of hydrogen-bond acceptors (Lipinski definition) is 7. The molecule has 0 spiro atoms. The molecule has 4 rings (SSSR count). The number of aromatic nitrogens is 1. The van der Waals surface area contributed by atoms with E-state index in [1.54, 1.807) is 22.9 Å². The topological polar surface area (TPSA) is 159 Å². The number of piperidine rings is 1. The summed E-state index contributed by atoms with van der Waals surface area (Å²) in [6.45, 7) is 5.69. The fourth-order valence-electron chi connectivity index (χ4n) is 6.39. The molecule has 4 N–H and O–H groups in total. The van der Waals surface area contributed by atoms with Crippen LogP contribution in [0.25, 0.3) is 10.9 Å². The Kier molecular flexibility index (Phi) is 12.2. The van der Waals surface area contributed by atoms with Gasteiger partial charge in [0.25, 0.3) is 0 Å². The Morgan fingerprint density at radius 1 is 0.978 bits per heavy atom.